The summed E-state index contributed by atoms with van der Waals surface area (Å²) in [5, 5.41) is 13.4. The summed E-state index contributed by atoms with van der Waals surface area (Å²) in [6, 6.07) is 0. The van der Waals surface area contributed by atoms with Crippen molar-refractivity contribution in [2.75, 3.05) is 39.4 Å². The highest BCUT2D eigenvalue weighted by molar-refractivity contribution is 5.94. The molecule has 1 saturated heterocycles. The maximum atomic E-state index is 12.3. The average molecular weight is 307 g/mol. The Bertz CT molecular complexity index is 540. The minimum absolute atomic E-state index is 0.0262. The van der Waals surface area contributed by atoms with Gasteiger partial charge in [0.2, 0.25) is 0 Å². The number of morpholine rings is 1. The van der Waals surface area contributed by atoms with Crippen LogP contribution in [0.2, 0.25) is 0 Å². The number of amides is 1. The van der Waals surface area contributed by atoms with Crippen molar-refractivity contribution < 1.29 is 9.53 Å². The lowest BCUT2D eigenvalue weighted by atomic mass is 10.0. The monoisotopic (exact) mass is 307 g/mol. The Morgan fingerprint density at radius 3 is 3.18 bits per heavy atom. The summed E-state index contributed by atoms with van der Waals surface area (Å²) >= 11 is 0. The summed E-state index contributed by atoms with van der Waals surface area (Å²) in [5.74, 6) is -0.0905. The molecule has 0 spiro atoms. The molecule has 7 nitrogen and oxygen atoms in total. The van der Waals surface area contributed by atoms with Crippen molar-refractivity contribution in [3.63, 3.8) is 0 Å². The number of rotatable bonds is 4. The van der Waals surface area contributed by atoms with Gasteiger partial charge in [0.15, 0.2) is 5.69 Å². The van der Waals surface area contributed by atoms with E-state index in [9.17, 15) is 4.79 Å². The highest BCUT2D eigenvalue weighted by Crippen LogP contribution is 2.18. The van der Waals surface area contributed by atoms with Gasteiger partial charge in [-0.1, -0.05) is 0 Å². The molecule has 7 heteroatoms. The predicted molar refractivity (Wildman–Crippen MR) is 82.8 cm³/mol. The molecule has 1 amide bonds. The number of H-pyrrole nitrogens is 1. The van der Waals surface area contributed by atoms with E-state index in [1.54, 1.807) is 0 Å². The van der Waals surface area contributed by atoms with E-state index in [0.29, 0.717) is 18.8 Å². The number of aromatic nitrogens is 2. The van der Waals surface area contributed by atoms with Gasteiger partial charge in [-0.25, -0.2) is 0 Å². The smallest absolute Gasteiger partial charge is 0.272 e. The lowest BCUT2D eigenvalue weighted by molar-refractivity contribution is -0.0498. The molecule has 0 aromatic carbocycles. The summed E-state index contributed by atoms with van der Waals surface area (Å²) < 4.78 is 5.51. The van der Waals surface area contributed by atoms with Crippen LogP contribution >= 0.6 is 0 Å². The third-order valence-electron chi connectivity index (χ3n) is 4.51. The molecule has 1 fully saturated rings. The Kier molecular flexibility index (Phi) is 4.46. The van der Waals surface area contributed by atoms with Crippen molar-refractivity contribution in [1.82, 2.24) is 25.7 Å². The van der Waals surface area contributed by atoms with Crippen molar-refractivity contribution in [2.45, 2.75) is 32.4 Å². The average Bonchev–Trinajstić information content (AvgIpc) is 2.92. The van der Waals surface area contributed by atoms with Crippen LogP contribution in [0.25, 0.3) is 0 Å². The summed E-state index contributed by atoms with van der Waals surface area (Å²) in [6.45, 7) is 9.84. The normalized spacial score (nSPS) is 21.4. The molecule has 0 aliphatic carbocycles. The second kappa shape index (κ2) is 6.36. The van der Waals surface area contributed by atoms with E-state index < -0.39 is 0 Å². The lowest BCUT2D eigenvalue weighted by Crippen LogP contribution is -2.54. The number of hydrogen-bond donors (Lipinski definition) is 3. The number of carbonyl (C=O) groups excluding carboxylic acids is 1. The van der Waals surface area contributed by atoms with Crippen LogP contribution in [0.15, 0.2) is 0 Å². The molecule has 3 N–H and O–H groups in total. The molecular formula is C15H25N5O2. The zero-order valence-electron chi connectivity index (χ0n) is 13.4. The van der Waals surface area contributed by atoms with E-state index in [2.05, 4.69) is 39.6 Å². The van der Waals surface area contributed by atoms with Gasteiger partial charge >= 0.3 is 0 Å². The van der Waals surface area contributed by atoms with Crippen molar-refractivity contribution in [2.24, 2.45) is 0 Å². The number of aromatic amines is 1. The summed E-state index contributed by atoms with van der Waals surface area (Å²) in [5.41, 5.74) is 2.65. The topological polar surface area (TPSA) is 82.3 Å². The van der Waals surface area contributed by atoms with E-state index >= 15 is 0 Å². The maximum Gasteiger partial charge on any atom is 0.272 e. The molecule has 122 valence electrons. The zero-order valence-corrected chi connectivity index (χ0v) is 13.4. The molecular weight excluding hydrogens is 282 g/mol. The number of fused-ring (bicyclic) bond motifs is 1. The SMILES string of the molecule is CC1(C)COCCN1CCNC(=O)c1n[nH]c2c1CNCC2. The Hall–Kier alpha value is -1.44. The van der Waals surface area contributed by atoms with E-state index in [4.69, 9.17) is 4.74 Å². The highest BCUT2D eigenvalue weighted by atomic mass is 16.5. The van der Waals surface area contributed by atoms with Crippen LogP contribution in [-0.2, 0) is 17.7 Å². The standard InChI is InChI=1S/C15H25N5O2/c1-15(2)10-22-8-7-20(15)6-5-17-14(21)13-11-9-16-4-3-12(11)18-19-13/h16H,3-10H2,1-2H3,(H,17,21)(H,18,19). The molecule has 22 heavy (non-hydrogen) atoms. The third-order valence-corrected chi connectivity index (χ3v) is 4.51. The van der Waals surface area contributed by atoms with Crippen molar-refractivity contribution >= 4 is 5.91 Å². The van der Waals surface area contributed by atoms with Crippen LogP contribution in [0.1, 0.15) is 35.6 Å². The molecule has 0 saturated carbocycles. The first-order valence-corrected chi connectivity index (χ1v) is 7.96. The van der Waals surface area contributed by atoms with Gasteiger partial charge in [0, 0.05) is 55.9 Å². The predicted octanol–water partition coefficient (Wildman–Crippen LogP) is -0.104. The second-order valence-corrected chi connectivity index (χ2v) is 6.56. The Morgan fingerprint density at radius 1 is 1.50 bits per heavy atom. The number of ether oxygens (including phenoxy) is 1. The van der Waals surface area contributed by atoms with Crippen molar-refractivity contribution in [3.8, 4) is 0 Å². The number of nitrogens with zero attached hydrogens (tertiary/aromatic N) is 2. The summed E-state index contributed by atoms with van der Waals surface area (Å²) in [6.07, 6.45) is 0.900. The minimum Gasteiger partial charge on any atom is -0.378 e. The Labute approximate surface area is 130 Å². The van der Waals surface area contributed by atoms with Gasteiger partial charge in [0.1, 0.15) is 0 Å². The first-order valence-electron chi connectivity index (χ1n) is 7.96. The first-order chi connectivity index (χ1) is 10.6. The maximum absolute atomic E-state index is 12.3. The quantitative estimate of drug-likeness (QED) is 0.723. The molecule has 0 radical (unpaired) electrons. The van der Waals surface area contributed by atoms with Gasteiger partial charge in [-0.2, -0.15) is 5.10 Å². The van der Waals surface area contributed by atoms with Crippen LogP contribution in [-0.4, -0.2) is 65.9 Å². The highest BCUT2D eigenvalue weighted by Gasteiger charge is 2.30. The van der Waals surface area contributed by atoms with Crippen LogP contribution in [0.5, 0.6) is 0 Å². The fourth-order valence-corrected chi connectivity index (χ4v) is 3.11. The molecule has 1 aromatic rings. The molecule has 2 aliphatic heterocycles. The molecule has 1 aromatic heterocycles. The lowest BCUT2D eigenvalue weighted by Gasteiger charge is -2.42. The fourth-order valence-electron chi connectivity index (χ4n) is 3.11. The van der Waals surface area contributed by atoms with Gasteiger partial charge < -0.3 is 15.4 Å². The van der Waals surface area contributed by atoms with Crippen molar-refractivity contribution in [1.29, 1.82) is 0 Å². The van der Waals surface area contributed by atoms with Gasteiger partial charge in [0.25, 0.3) is 5.91 Å². The Morgan fingerprint density at radius 2 is 2.36 bits per heavy atom. The molecule has 3 heterocycles. The number of nitrogens with one attached hydrogen (secondary N) is 3. The zero-order chi connectivity index (χ0) is 15.6. The molecule has 3 rings (SSSR count). The summed E-state index contributed by atoms with van der Waals surface area (Å²) in [4.78, 5) is 14.7. The number of carbonyl (C=O) groups is 1. The number of hydrogen-bond acceptors (Lipinski definition) is 5. The van der Waals surface area contributed by atoms with Crippen LogP contribution in [0.4, 0.5) is 0 Å². The van der Waals surface area contributed by atoms with Gasteiger partial charge in [-0.15, -0.1) is 0 Å². The Balaban J connectivity index is 1.53. The molecule has 0 unspecified atom stereocenters. The van der Waals surface area contributed by atoms with E-state index in [1.165, 1.54) is 0 Å². The largest absolute Gasteiger partial charge is 0.378 e. The molecule has 0 bridgehead atoms. The van der Waals surface area contributed by atoms with Crippen LogP contribution in [0, 0.1) is 0 Å². The van der Waals surface area contributed by atoms with Crippen LogP contribution < -0.4 is 10.6 Å². The third kappa shape index (κ3) is 3.16. The van der Waals surface area contributed by atoms with Gasteiger partial charge in [-0.3, -0.25) is 14.8 Å². The van der Waals surface area contributed by atoms with Gasteiger partial charge in [-0.05, 0) is 13.8 Å². The van der Waals surface area contributed by atoms with Gasteiger partial charge in [0.05, 0.1) is 13.2 Å². The van der Waals surface area contributed by atoms with E-state index in [1.807, 2.05) is 0 Å². The molecule has 2 aliphatic rings. The second-order valence-electron chi connectivity index (χ2n) is 6.56. The summed E-state index contributed by atoms with van der Waals surface area (Å²) in [7, 11) is 0. The molecule has 0 atom stereocenters. The van der Waals surface area contributed by atoms with E-state index in [-0.39, 0.29) is 11.4 Å². The van der Waals surface area contributed by atoms with Crippen molar-refractivity contribution in [3.05, 3.63) is 17.0 Å². The minimum atomic E-state index is -0.0905. The van der Waals surface area contributed by atoms with E-state index in [0.717, 1.165) is 50.5 Å². The first kappa shape index (κ1) is 15.5. The van der Waals surface area contributed by atoms with Crippen LogP contribution in [0.3, 0.4) is 0 Å². The fraction of sp³-hybridized carbons (Fsp3) is 0.733.